The SMILES string of the molecule is c1ccc2cc(-c3ccc4c(c3)c3cc(-c5ccc6c(c5)c5ccccc5n6-c5cccc6ccccc56)ccc3n4-c3ccc4ccccc4c3)ccc2c1. The van der Waals surface area contributed by atoms with E-state index in [0.29, 0.717) is 0 Å². The van der Waals surface area contributed by atoms with Crippen LogP contribution in [0.3, 0.4) is 0 Å². The third-order valence-electron chi connectivity index (χ3n) is 11.9. The molecule has 12 rings (SSSR count). The van der Waals surface area contributed by atoms with Crippen LogP contribution in [-0.2, 0) is 0 Å². The van der Waals surface area contributed by atoms with Crippen LogP contribution in [0, 0.1) is 0 Å². The van der Waals surface area contributed by atoms with E-state index in [2.05, 4.69) is 215 Å². The fraction of sp³-hybridized carbons (Fsp3) is 0. The van der Waals surface area contributed by atoms with Crippen molar-refractivity contribution in [2.24, 2.45) is 0 Å². The molecule has 0 fully saturated rings. The second-order valence-electron chi connectivity index (χ2n) is 15.0. The largest absolute Gasteiger partial charge is 0.309 e. The summed E-state index contributed by atoms with van der Waals surface area (Å²) >= 11 is 0. The highest BCUT2D eigenvalue weighted by Gasteiger charge is 2.18. The Morgan fingerprint density at radius 2 is 0.679 bits per heavy atom. The lowest BCUT2D eigenvalue weighted by atomic mass is 9.98. The van der Waals surface area contributed by atoms with E-state index in [0.717, 1.165) is 5.69 Å². The second kappa shape index (κ2) is 12.0. The van der Waals surface area contributed by atoms with Crippen molar-refractivity contribution in [3.63, 3.8) is 0 Å². The predicted molar refractivity (Wildman–Crippen MR) is 239 cm³/mol. The van der Waals surface area contributed by atoms with E-state index in [1.807, 2.05) is 0 Å². The van der Waals surface area contributed by atoms with Crippen molar-refractivity contribution in [2.45, 2.75) is 0 Å². The van der Waals surface area contributed by atoms with Crippen LogP contribution >= 0.6 is 0 Å². The molecule has 56 heavy (non-hydrogen) atoms. The number of benzene rings is 10. The monoisotopic (exact) mass is 710 g/mol. The van der Waals surface area contributed by atoms with Crippen LogP contribution in [-0.4, -0.2) is 9.13 Å². The summed E-state index contributed by atoms with van der Waals surface area (Å²) in [5.41, 5.74) is 12.0. The van der Waals surface area contributed by atoms with E-state index in [9.17, 15) is 0 Å². The van der Waals surface area contributed by atoms with Gasteiger partial charge in [0.05, 0.1) is 27.8 Å². The molecule has 0 bridgehead atoms. The smallest absolute Gasteiger partial charge is 0.0541 e. The van der Waals surface area contributed by atoms with E-state index in [1.54, 1.807) is 0 Å². The van der Waals surface area contributed by atoms with Gasteiger partial charge in [0.25, 0.3) is 0 Å². The van der Waals surface area contributed by atoms with Crippen molar-refractivity contribution in [1.82, 2.24) is 9.13 Å². The molecular formula is C54H34N2. The minimum atomic E-state index is 1.16. The van der Waals surface area contributed by atoms with Gasteiger partial charge in [-0.25, -0.2) is 0 Å². The minimum absolute atomic E-state index is 1.16. The van der Waals surface area contributed by atoms with Gasteiger partial charge in [0, 0.05) is 32.6 Å². The fourth-order valence-corrected chi connectivity index (χ4v) is 9.16. The molecule has 0 atom stereocenters. The Morgan fingerprint density at radius 1 is 0.232 bits per heavy atom. The highest BCUT2D eigenvalue weighted by Crippen LogP contribution is 2.40. The molecule has 0 spiro atoms. The molecule has 2 aromatic heterocycles. The lowest BCUT2D eigenvalue weighted by molar-refractivity contribution is 1.19. The van der Waals surface area contributed by atoms with Gasteiger partial charge in [0.2, 0.25) is 0 Å². The Bertz CT molecular complexity index is 3540. The molecule has 2 heterocycles. The molecule has 0 aliphatic rings. The van der Waals surface area contributed by atoms with Gasteiger partial charge in [-0.2, -0.15) is 0 Å². The quantitative estimate of drug-likeness (QED) is 0.172. The van der Waals surface area contributed by atoms with E-state index in [1.165, 1.54) is 104 Å². The van der Waals surface area contributed by atoms with Crippen LogP contribution in [0.25, 0.3) is 110 Å². The molecule has 0 radical (unpaired) electrons. The lowest BCUT2D eigenvalue weighted by Gasteiger charge is -2.12. The molecule has 12 aromatic rings. The van der Waals surface area contributed by atoms with Gasteiger partial charge in [0.1, 0.15) is 0 Å². The van der Waals surface area contributed by atoms with Gasteiger partial charge in [0.15, 0.2) is 0 Å². The zero-order valence-electron chi connectivity index (χ0n) is 30.5. The average Bonchev–Trinajstić information content (AvgIpc) is 3.77. The first-order valence-electron chi connectivity index (χ1n) is 19.3. The first kappa shape index (κ1) is 31.0. The van der Waals surface area contributed by atoms with Gasteiger partial charge in [-0.05, 0) is 116 Å². The van der Waals surface area contributed by atoms with Crippen molar-refractivity contribution >= 4 is 75.9 Å². The Kier molecular flexibility index (Phi) is 6.66. The van der Waals surface area contributed by atoms with Crippen LogP contribution in [0.5, 0.6) is 0 Å². The third kappa shape index (κ3) is 4.69. The molecule has 2 heteroatoms. The molecule has 0 aliphatic heterocycles. The molecular weight excluding hydrogens is 677 g/mol. The molecule has 0 unspecified atom stereocenters. The van der Waals surface area contributed by atoms with Gasteiger partial charge >= 0.3 is 0 Å². The zero-order chi connectivity index (χ0) is 36.7. The van der Waals surface area contributed by atoms with Crippen LogP contribution in [0.15, 0.2) is 206 Å². The Balaban J connectivity index is 1.08. The molecule has 10 aromatic carbocycles. The van der Waals surface area contributed by atoms with Gasteiger partial charge in [-0.1, -0.05) is 140 Å². The van der Waals surface area contributed by atoms with E-state index in [4.69, 9.17) is 0 Å². The van der Waals surface area contributed by atoms with E-state index >= 15 is 0 Å². The maximum absolute atomic E-state index is 2.44. The topological polar surface area (TPSA) is 9.86 Å². The highest BCUT2D eigenvalue weighted by atomic mass is 15.0. The van der Waals surface area contributed by atoms with Crippen molar-refractivity contribution in [1.29, 1.82) is 0 Å². The Hall–Kier alpha value is -7.42. The highest BCUT2D eigenvalue weighted by molar-refractivity contribution is 6.14. The summed E-state index contributed by atoms with van der Waals surface area (Å²) < 4.78 is 4.87. The molecule has 260 valence electrons. The lowest BCUT2D eigenvalue weighted by Crippen LogP contribution is -1.95. The van der Waals surface area contributed by atoms with Crippen LogP contribution in [0.4, 0.5) is 0 Å². The second-order valence-corrected chi connectivity index (χ2v) is 15.0. The van der Waals surface area contributed by atoms with E-state index < -0.39 is 0 Å². The Labute approximate surface area is 323 Å². The zero-order valence-corrected chi connectivity index (χ0v) is 30.5. The van der Waals surface area contributed by atoms with Gasteiger partial charge < -0.3 is 9.13 Å². The summed E-state index contributed by atoms with van der Waals surface area (Å²) in [6.45, 7) is 0. The number of nitrogens with zero attached hydrogens (tertiary/aromatic N) is 2. The molecule has 0 aliphatic carbocycles. The molecule has 0 N–H and O–H groups in total. The first-order chi connectivity index (χ1) is 27.7. The van der Waals surface area contributed by atoms with Crippen LogP contribution in [0.1, 0.15) is 0 Å². The number of rotatable bonds is 4. The van der Waals surface area contributed by atoms with E-state index in [-0.39, 0.29) is 0 Å². The summed E-state index contributed by atoms with van der Waals surface area (Å²) in [6, 6.07) is 75.9. The molecule has 2 nitrogen and oxygen atoms in total. The summed E-state index contributed by atoms with van der Waals surface area (Å²) in [5, 5.41) is 12.5. The average molecular weight is 711 g/mol. The number of para-hydroxylation sites is 1. The summed E-state index contributed by atoms with van der Waals surface area (Å²) in [7, 11) is 0. The number of hydrogen-bond donors (Lipinski definition) is 0. The minimum Gasteiger partial charge on any atom is -0.309 e. The maximum Gasteiger partial charge on any atom is 0.0541 e. The summed E-state index contributed by atoms with van der Waals surface area (Å²) in [4.78, 5) is 0. The van der Waals surface area contributed by atoms with Crippen molar-refractivity contribution < 1.29 is 0 Å². The van der Waals surface area contributed by atoms with Crippen LogP contribution < -0.4 is 0 Å². The standard InChI is InChI=1S/C54H34N2/c1-3-13-38-30-40(21-20-35(38)10-1)41-23-27-52-48(33-41)49-34-43(24-28-53(49)55(52)44-26-22-36-11-2-4-14-39(36)31-44)42-25-29-54-47(32-42)46-17-7-8-18-51(46)56(54)50-19-9-15-37-12-5-6-16-45(37)50/h1-34H. The van der Waals surface area contributed by atoms with Crippen molar-refractivity contribution in [3.05, 3.63) is 206 Å². The van der Waals surface area contributed by atoms with Crippen LogP contribution in [0.2, 0.25) is 0 Å². The number of hydrogen-bond acceptors (Lipinski definition) is 0. The molecule has 0 amide bonds. The first-order valence-corrected chi connectivity index (χ1v) is 19.3. The fourth-order valence-electron chi connectivity index (χ4n) is 9.16. The summed E-state index contributed by atoms with van der Waals surface area (Å²) in [6.07, 6.45) is 0. The Morgan fingerprint density at radius 3 is 1.36 bits per heavy atom. The third-order valence-corrected chi connectivity index (χ3v) is 11.9. The van der Waals surface area contributed by atoms with Crippen molar-refractivity contribution in [3.8, 4) is 33.6 Å². The summed E-state index contributed by atoms with van der Waals surface area (Å²) in [5.74, 6) is 0. The molecule has 0 saturated heterocycles. The molecule has 0 saturated carbocycles. The van der Waals surface area contributed by atoms with Crippen molar-refractivity contribution in [2.75, 3.05) is 0 Å². The predicted octanol–water partition coefficient (Wildman–Crippen LogP) is 14.7. The number of fused-ring (bicyclic) bond motifs is 9. The van der Waals surface area contributed by atoms with Gasteiger partial charge in [-0.15, -0.1) is 0 Å². The normalized spacial score (nSPS) is 11.9. The maximum atomic E-state index is 2.44. The number of aromatic nitrogens is 2. The van der Waals surface area contributed by atoms with Gasteiger partial charge in [-0.3, -0.25) is 0 Å².